The van der Waals surface area contributed by atoms with E-state index in [1.54, 1.807) is 138 Å². The average molecular weight is 1800 g/mol. The fourth-order valence-electron chi connectivity index (χ4n) is 14.2. The number of ether oxygens (including phenoxy) is 1. The minimum Gasteiger partial charge on any atom is -0.480 e. The number of hydrogen-bond donors (Lipinski definition) is 16. The van der Waals surface area contributed by atoms with Crippen molar-refractivity contribution in [1.29, 1.82) is 0 Å². The van der Waals surface area contributed by atoms with Crippen molar-refractivity contribution < 1.29 is 86.6 Å². The minimum atomic E-state index is -1.30. The summed E-state index contributed by atoms with van der Waals surface area (Å²) in [6.07, 6.45) is 4.65. The first-order valence-corrected chi connectivity index (χ1v) is 47.7. The van der Waals surface area contributed by atoms with Crippen LogP contribution < -0.4 is 79.8 Å². The van der Waals surface area contributed by atoms with E-state index in [-0.39, 0.29) is 0 Å². The molecule has 0 aromatic carbocycles. The van der Waals surface area contributed by atoms with Crippen LogP contribution in [0.3, 0.4) is 0 Å². The SMILES string of the molecule is CC[C@H](C)[C@H](NC(=O)[C@@H](NC(=O)[C@@H](NC(=O)[C@@H](NC(=O)[C@@H](NC(=O)[C@@H](NC(=O)[C@@H](NC(=O)[C@@H](NC(=O)[C@@H](NC(=O)[C@@H](NC(=O)[C@@H](NC(=O)[C@@H](NC(=O)[C@@H](NC(=O)[C@@H](NC(=O)[C@@H](NC(=O)OC(C)(C)C)C(C)C)[C@@H](C)CC)[C@@H](C)CC)[C@@H](C)CC)[C@@H](C)CC)[C@@H](C)CC)[C@@H](C)CC)[C@@H](C)CC)[C@@H](C)CC)[C@@H](C)CC)[C@@H](C)CC)[C@@H](C)CC)[C@@H](C)CC)[C@@H](C)CC)C(=O)O. The molecular formula is C94H173N15O18. The zero-order valence-corrected chi connectivity index (χ0v) is 83.6. The van der Waals surface area contributed by atoms with Gasteiger partial charge < -0.3 is 89.6 Å². The number of amides is 15. The minimum absolute atomic E-state index is 0.355. The Kier molecular flexibility index (Phi) is 54.1. The molecule has 15 amide bonds. The van der Waals surface area contributed by atoms with Crippen LogP contribution in [0.1, 0.15) is 318 Å². The van der Waals surface area contributed by atoms with Crippen molar-refractivity contribution in [3.05, 3.63) is 0 Å². The van der Waals surface area contributed by atoms with Gasteiger partial charge in [0.15, 0.2) is 0 Å². The maximum Gasteiger partial charge on any atom is 0.408 e. The molecule has 0 aromatic heterocycles. The molecule has 127 heavy (non-hydrogen) atoms. The number of aliphatic carboxylic acids is 1. The highest BCUT2D eigenvalue weighted by Gasteiger charge is 2.45. The van der Waals surface area contributed by atoms with Crippen LogP contribution >= 0.6 is 0 Å². The molecule has 0 aliphatic carbocycles. The zero-order valence-electron chi connectivity index (χ0n) is 83.6. The van der Waals surface area contributed by atoms with Crippen LogP contribution in [0.4, 0.5) is 4.79 Å². The Balaban J connectivity index is 7.38. The van der Waals surface area contributed by atoms with E-state index in [1.165, 1.54) is 0 Å². The van der Waals surface area contributed by atoms with Crippen molar-refractivity contribution in [2.24, 2.45) is 88.8 Å². The Bertz CT molecular complexity index is 3470. The predicted octanol–water partition coefficient (Wildman–Crippen LogP) is 9.05. The standard InChI is InChI=1S/C94H173N15O18/c1-34-49(17)64(95-78(110)63(48(15)16)109-93(126)127-94(31,32)33)79(111)96-65(50(18)35-2)80(112)97-66(51(19)36-3)81(113)98-67(52(20)37-4)82(114)99-68(53(21)38-5)83(115)100-69(54(22)39-6)84(116)101-70(55(23)40-7)85(117)102-71(56(24)41-8)86(118)103-72(57(25)42-9)87(119)104-73(58(26)43-10)88(120)105-74(59(27)44-11)89(121)106-75(60(28)45-12)90(122)107-76(61(29)46-13)91(123)108-77(92(124)125)62(30)47-14/h48-77H,34-47H2,1-33H3,(H,95,110)(H,96,111)(H,97,112)(H,98,113)(H,99,114)(H,100,115)(H,101,116)(H,102,117)(H,103,118)(H,104,119)(H,105,120)(H,106,121)(H,107,122)(H,108,123)(H,109,126)(H,124,125)/t49-,50-,51-,52-,53-,54-,55-,56-,57-,58-,59-,60-,61-,62-,63-,64-,65-,66-,67-,68-,69-,70-,71-,72-,73-,74-,75-,76-,77-/m0/s1. The summed E-state index contributed by atoms with van der Waals surface area (Å²) < 4.78 is 5.42. The number of rotatable bonds is 59. The first-order chi connectivity index (χ1) is 59.2. The van der Waals surface area contributed by atoms with E-state index in [1.807, 2.05) is 90.0 Å². The van der Waals surface area contributed by atoms with E-state index in [9.17, 15) is 62.6 Å². The molecule has 0 spiro atoms. The van der Waals surface area contributed by atoms with Crippen molar-refractivity contribution >= 4 is 94.8 Å². The number of carbonyl (C=O) groups excluding carboxylic acids is 15. The quantitative estimate of drug-likeness (QED) is 0.0270. The normalized spacial score (nSPS) is 18.6. The maximum absolute atomic E-state index is 15.0. The van der Waals surface area contributed by atoms with E-state index in [0.29, 0.717) is 89.9 Å². The average Bonchev–Trinajstić information content (AvgIpc) is 0.853. The predicted molar refractivity (Wildman–Crippen MR) is 495 cm³/mol. The van der Waals surface area contributed by atoms with Gasteiger partial charge in [-0.3, -0.25) is 67.1 Å². The third kappa shape index (κ3) is 37.4. The summed E-state index contributed by atoms with van der Waals surface area (Å²) in [5.41, 5.74) is -0.852. The first kappa shape index (κ1) is 118. The fraction of sp³-hybridized carbons (Fsp3) is 0.830. The Morgan fingerprint density at radius 1 is 0.189 bits per heavy atom. The number of carboxylic acids is 1. The number of alkyl carbamates (subject to hydrolysis) is 1. The van der Waals surface area contributed by atoms with E-state index < -0.39 is 280 Å². The molecule has 732 valence electrons. The van der Waals surface area contributed by atoms with Crippen molar-refractivity contribution in [2.75, 3.05) is 0 Å². The highest BCUT2D eigenvalue weighted by Crippen LogP contribution is 2.25. The summed E-state index contributed by atoms with van der Waals surface area (Å²) in [4.78, 5) is 231. The van der Waals surface area contributed by atoms with Gasteiger partial charge in [0, 0.05) is 0 Å². The van der Waals surface area contributed by atoms with Gasteiger partial charge in [0.1, 0.15) is 96.2 Å². The van der Waals surface area contributed by atoms with E-state index >= 15 is 19.2 Å². The lowest BCUT2D eigenvalue weighted by atomic mass is 9.91. The Labute approximate surface area is 760 Å². The molecule has 0 aliphatic heterocycles. The van der Waals surface area contributed by atoms with Gasteiger partial charge in [-0.25, -0.2) is 9.59 Å². The van der Waals surface area contributed by atoms with Crippen molar-refractivity contribution in [1.82, 2.24) is 79.8 Å². The highest BCUT2D eigenvalue weighted by molar-refractivity contribution is 6.01. The number of nitrogens with one attached hydrogen (secondary N) is 15. The van der Waals surface area contributed by atoms with Gasteiger partial charge in [-0.2, -0.15) is 0 Å². The molecule has 0 radical (unpaired) electrons. The molecule has 0 saturated heterocycles. The van der Waals surface area contributed by atoms with Gasteiger partial charge in [-0.15, -0.1) is 0 Å². The number of hydrogen-bond acceptors (Lipinski definition) is 17. The second-order valence-corrected chi connectivity index (χ2v) is 37.9. The van der Waals surface area contributed by atoms with E-state index in [4.69, 9.17) is 4.74 Å². The fourth-order valence-corrected chi connectivity index (χ4v) is 14.2. The Hall–Kier alpha value is -8.68. The molecule has 0 fully saturated rings. The van der Waals surface area contributed by atoms with E-state index in [0.717, 1.165) is 0 Å². The van der Waals surface area contributed by atoms with Crippen LogP contribution in [-0.4, -0.2) is 196 Å². The van der Waals surface area contributed by atoms with Crippen LogP contribution in [-0.2, 0) is 76.7 Å². The molecule has 16 N–H and O–H groups in total. The number of carboxylic acid groups (broad SMARTS) is 1. The van der Waals surface area contributed by atoms with Crippen LogP contribution in [0.2, 0.25) is 0 Å². The van der Waals surface area contributed by atoms with Crippen LogP contribution in [0.5, 0.6) is 0 Å². The van der Waals surface area contributed by atoms with Crippen molar-refractivity contribution in [3.8, 4) is 0 Å². The largest absolute Gasteiger partial charge is 0.480 e. The first-order valence-electron chi connectivity index (χ1n) is 47.7. The Morgan fingerprint density at radius 2 is 0.291 bits per heavy atom. The monoisotopic (exact) mass is 1800 g/mol. The van der Waals surface area contributed by atoms with Crippen molar-refractivity contribution in [2.45, 2.75) is 415 Å². The molecule has 0 bridgehead atoms. The molecule has 0 saturated carbocycles. The third-order valence-electron chi connectivity index (χ3n) is 26.7. The highest BCUT2D eigenvalue weighted by atomic mass is 16.6. The maximum atomic E-state index is 15.0. The van der Waals surface area contributed by atoms with E-state index in [2.05, 4.69) is 79.8 Å². The molecule has 0 rings (SSSR count). The third-order valence-corrected chi connectivity index (χ3v) is 26.7. The molecule has 0 aromatic rings. The zero-order chi connectivity index (χ0) is 98.3. The molecule has 29 atom stereocenters. The van der Waals surface area contributed by atoms with Gasteiger partial charge in [-0.05, 0) is 110 Å². The molecule has 0 heterocycles. The van der Waals surface area contributed by atoms with Gasteiger partial charge >= 0.3 is 12.1 Å². The van der Waals surface area contributed by atoms with Gasteiger partial charge in [0.05, 0.1) is 0 Å². The summed E-state index contributed by atoms with van der Waals surface area (Å²) in [5.74, 6) is -18.8. The summed E-state index contributed by atoms with van der Waals surface area (Å²) >= 11 is 0. The van der Waals surface area contributed by atoms with Gasteiger partial charge in [0.2, 0.25) is 82.7 Å². The molecular weight excluding hydrogens is 1630 g/mol. The summed E-state index contributed by atoms with van der Waals surface area (Å²) in [7, 11) is 0. The van der Waals surface area contributed by atoms with Gasteiger partial charge in [-0.1, -0.05) is 298 Å². The molecule has 33 heteroatoms. The lowest BCUT2D eigenvalue weighted by molar-refractivity contribution is -0.144. The van der Waals surface area contributed by atoms with Crippen LogP contribution in [0.15, 0.2) is 0 Å². The second kappa shape index (κ2) is 58.1. The second-order valence-electron chi connectivity index (χ2n) is 37.9. The van der Waals surface area contributed by atoms with Gasteiger partial charge in [0.25, 0.3) is 0 Å². The topological polar surface area (TPSA) is 483 Å². The lowest BCUT2D eigenvalue weighted by Crippen LogP contribution is -2.64. The molecule has 33 nitrogen and oxygen atoms in total. The summed E-state index contributed by atoms with van der Waals surface area (Å²) in [6.45, 7) is 58.5. The lowest BCUT2D eigenvalue weighted by Gasteiger charge is -2.34. The van der Waals surface area contributed by atoms with Crippen LogP contribution in [0.25, 0.3) is 0 Å². The molecule has 0 aliphatic rings. The van der Waals surface area contributed by atoms with Crippen molar-refractivity contribution in [3.63, 3.8) is 0 Å². The smallest absolute Gasteiger partial charge is 0.408 e. The summed E-state index contributed by atoms with van der Waals surface area (Å²) in [6, 6.07) is -18.6. The number of carbonyl (C=O) groups is 16. The Morgan fingerprint density at radius 3 is 0.386 bits per heavy atom. The summed E-state index contributed by atoms with van der Waals surface area (Å²) in [5, 5.41) is 52.6. The van der Waals surface area contributed by atoms with Crippen LogP contribution in [0, 0.1) is 88.8 Å². The molecule has 0 unspecified atom stereocenters.